The van der Waals surface area contributed by atoms with Crippen LogP contribution in [0.5, 0.6) is 11.5 Å². The SMILES string of the molecule is Cc1ccc(CSCC(=O)Nc2ccc(NS(=O)(=O)c3ccc4c(c3)OCCO4)cc2)cc1. The molecule has 172 valence electrons. The fraction of sp³-hybridized carbons (Fsp3) is 0.208. The normalized spacial score (nSPS) is 12.8. The Hall–Kier alpha value is -3.17. The van der Waals surface area contributed by atoms with E-state index >= 15 is 0 Å². The average Bonchev–Trinajstić information content (AvgIpc) is 2.81. The van der Waals surface area contributed by atoms with Crippen molar-refractivity contribution in [2.24, 2.45) is 0 Å². The number of benzene rings is 3. The quantitative estimate of drug-likeness (QED) is 0.491. The molecule has 4 rings (SSSR count). The van der Waals surface area contributed by atoms with E-state index in [-0.39, 0.29) is 10.8 Å². The van der Waals surface area contributed by atoms with Crippen molar-refractivity contribution in [3.63, 3.8) is 0 Å². The van der Waals surface area contributed by atoms with Gasteiger partial charge in [-0.15, -0.1) is 11.8 Å². The Morgan fingerprint density at radius 1 is 0.909 bits per heavy atom. The predicted octanol–water partition coefficient (Wildman–Crippen LogP) is 4.44. The summed E-state index contributed by atoms with van der Waals surface area (Å²) in [5.74, 6) is 1.90. The van der Waals surface area contributed by atoms with Crippen molar-refractivity contribution in [1.82, 2.24) is 0 Å². The van der Waals surface area contributed by atoms with Crippen molar-refractivity contribution < 1.29 is 22.7 Å². The number of carbonyl (C=O) groups excluding carboxylic acids is 1. The van der Waals surface area contributed by atoms with E-state index in [1.165, 1.54) is 35.0 Å². The lowest BCUT2D eigenvalue weighted by Gasteiger charge is -2.19. The molecule has 0 spiro atoms. The third kappa shape index (κ3) is 6.21. The summed E-state index contributed by atoms with van der Waals surface area (Å²) >= 11 is 1.54. The molecule has 0 aromatic heterocycles. The molecule has 0 radical (unpaired) electrons. The van der Waals surface area contributed by atoms with Gasteiger partial charge in [0.2, 0.25) is 5.91 Å². The Labute approximate surface area is 197 Å². The number of sulfonamides is 1. The summed E-state index contributed by atoms with van der Waals surface area (Å²) in [6, 6.07) is 19.2. The monoisotopic (exact) mass is 484 g/mol. The third-order valence-electron chi connectivity index (χ3n) is 4.87. The van der Waals surface area contributed by atoms with Crippen LogP contribution in [0.4, 0.5) is 11.4 Å². The highest BCUT2D eigenvalue weighted by Crippen LogP contribution is 2.32. The van der Waals surface area contributed by atoms with Crippen molar-refractivity contribution in [2.45, 2.75) is 17.6 Å². The number of hydrogen-bond donors (Lipinski definition) is 2. The number of rotatable bonds is 8. The maximum atomic E-state index is 12.7. The number of nitrogens with one attached hydrogen (secondary N) is 2. The summed E-state index contributed by atoms with van der Waals surface area (Å²) in [6.07, 6.45) is 0. The molecule has 0 aliphatic carbocycles. The van der Waals surface area contributed by atoms with Crippen molar-refractivity contribution in [3.8, 4) is 11.5 Å². The van der Waals surface area contributed by atoms with Crippen LogP contribution in [0, 0.1) is 6.92 Å². The zero-order chi connectivity index (χ0) is 23.3. The van der Waals surface area contributed by atoms with Gasteiger partial charge in [-0.2, -0.15) is 0 Å². The predicted molar refractivity (Wildman–Crippen MR) is 131 cm³/mol. The molecule has 2 N–H and O–H groups in total. The Morgan fingerprint density at radius 2 is 1.58 bits per heavy atom. The summed E-state index contributed by atoms with van der Waals surface area (Å²) in [4.78, 5) is 12.3. The molecule has 0 unspecified atom stereocenters. The summed E-state index contributed by atoms with van der Waals surface area (Å²) < 4.78 is 38.9. The Bertz CT molecular complexity index is 1230. The summed E-state index contributed by atoms with van der Waals surface area (Å²) in [5.41, 5.74) is 3.36. The van der Waals surface area contributed by atoms with Crippen LogP contribution in [0.3, 0.4) is 0 Å². The molecule has 3 aromatic rings. The number of aryl methyl sites for hydroxylation is 1. The number of ether oxygens (including phenoxy) is 2. The van der Waals surface area contributed by atoms with Gasteiger partial charge in [0, 0.05) is 23.2 Å². The fourth-order valence-electron chi connectivity index (χ4n) is 3.17. The zero-order valence-corrected chi connectivity index (χ0v) is 19.7. The van der Waals surface area contributed by atoms with E-state index in [9.17, 15) is 13.2 Å². The molecule has 0 fully saturated rings. The minimum atomic E-state index is -3.80. The van der Waals surface area contributed by atoms with Crippen LogP contribution in [0.1, 0.15) is 11.1 Å². The Kier molecular flexibility index (Phi) is 7.10. The van der Waals surface area contributed by atoms with Crippen LogP contribution >= 0.6 is 11.8 Å². The molecular formula is C24H24N2O5S2. The highest BCUT2D eigenvalue weighted by molar-refractivity contribution is 7.99. The van der Waals surface area contributed by atoms with Gasteiger partial charge in [0.15, 0.2) is 11.5 Å². The second kappa shape index (κ2) is 10.2. The molecule has 0 saturated heterocycles. The standard InChI is InChI=1S/C24H24N2O5S2/c1-17-2-4-18(5-3-17)15-32-16-24(27)25-19-6-8-20(9-7-19)26-33(28,29)21-10-11-22-23(14-21)31-13-12-30-22/h2-11,14,26H,12-13,15-16H2,1H3,(H,25,27). The molecule has 3 aromatic carbocycles. The molecule has 33 heavy (non-hydrogen) atoms. The van der Waals surface area contributed by atoms with Crippen LogP contribution in [0.2, 0.25) is 0 Å². The second-order valence-electron chi connectivity index (χ2n) is 7.51. The largest absolute Gasteiger partial charge is 0.486 e. The molecule has 0 saturated carbocycles. The van der Waals surface area contributed by atoms with E-state index in [1.54, 1.807) is 30.3 Å². The van der Waals surface area contributed by atoms with Gasteiger partial charge in [0.25, 0.3) is 10.0 Å². The third-order valence-corrected chi connectivity index (χ3v) is 7.25. The Morgan fingerprint density at radius 3 is 2.30 bits per heavy atom. The van der Waals surface area contributed by atoms with Gasteiger partial charge in [-0.05, 0) is 48.9 Å². The number of carbonyl (C=O) groups is 1. The van der Waals surface area contributed by atoms with Gasteiger partial charge in [0.1, 0.15) is 13.2 Å². The fourth-order valence-corrected chi connectivity index (χ4v) is 5.03. The van der Waals surface area contributed by atoms with Crippen LogP contribution in [-0.2, 0) is 20.6 Å². The smallest absolute Gasteiger partial charge is 0.262 e. The second-order valence-corrected chi connectivity index (χ2v) is 10.2. The highest BCUT2D eigenvalue weighted by atomic mass is 32.2. The van der Waals surface area contributed by atoms with Crippen LogP contribution in [0.15, 0.2) is 71.6 Å². The van der Waals surface area contributed by atoms with Gasteiger partial charge in [-0.3, -0.25) is 9.52 Å². The highest BCUT2D eigenvalue weighted by Gasteiger charge is 2.19. The number of anilines is 2. The molecule has 7 nitrogen and oxygen atoms in total. The van der Waals surface area contributed by atoms with Gasteiger partial charge in [-0.25, -0.2) is 8.42 Å². The van der Waals surface area contributed by atoms with Gasteiger partial charge in [0.05, 0.1) is 10.6 Å². The molecular weight excluding hydrogens is 460 g/mol. The van der Waals surface area contributed by atoms with Crippen LogP contribution in [0.25, 0.3) is 0 Å². The number of fused-ring (bicyclic) bond motifs is 1. The van der Waals surface area contributed by atoms with Crippen molar-refractivity contribution in [3.05, 3.63) is 77.9 Å². The number of hydrogen-bond acceptors (Lipinski definition) is 6. The molecule has 1 heterocycles. The average molecular weight is 485 g/mol. The lowest BCUT2D eigenvalue weighted by atomic mass is 10.2. The topological polar surface area (TPSA) is 93.7 Å². The van der Waals surface area contributed by atoms with E-state index in [4.69, 9.17) is 9.47 Å². The number of thioether (sulfide) groups is 1. The summed E-state index contributed by atoms with van der Waals surface area (Å²) in [7, 11) is -3.80. The number of amides is 1. The molecule has 1 amide bonds. The first-order valence-electron chi connectivity index (χ1n) is 10.3. The van der Waals surface area contributed by atoms with Gasteiger partial charge < -0.3 is 14.8 Å². The van der Waals surface area contributed by atoms with Crippen molar-refractivity contribution in [2.75, 3.05) is 29.0 Å². The molecule has 9 heteroatoms. The van der Waals surface area contributed by atoms with Crippen molar-refractivity contribution in [1.29, 1.82) is 0 Å². The van der Waals surface area contributed by atoms with E-state index in [2.05, 4.69) is 34.3 Å². The van der Waals surface area contributed by atoms with Crippen molar-refractivity contribution >= 4 is 39.1 Å². The summed E-state index contributed by atoms with van der Waals surface area (Å²) in [6.45, 7) is 2.85. The van der Waals surface area contributed by atoms with Crippen LogP contribution in [-0.4, -0.2) is 33.3 Å². The van der Waals surface area contributed by atoms with E-state index in [0.717, 1.165) is 5.75 Å². The van der Waals surface area contributed by atoms with E-state index in [1.807, 2.05) is 6.92 Å². The first-order chi connectivity index (χ1) is 15.9. The molecule has 1 aliphatic heterocycles. The first kappa shape index (κ1) is 23.0. The van der Waals surface area contributed by atoms with E-state index < -0.39 is 10.0 Å². The summed E-state index contributed by atoms with van der Waals surface area (Å²) in [5, 5.41) is 2.83. The van der Waals surface area contributed by atoms with Crippen LogP contribution < -0.4 is 19.5 Å². The maximum absolute atomic E-state index is 12.7. The maximum Gasteiger partial charge on any atom is 0.262 e. The molecule has 1 aliphatic rings. The minimum absolute atomic E-state index is 0.0785. The Balaban J connectivity index is 1.30. The lowest BCUT2D eigenvalue weighted by molar-refractivity contribution is -0.113. The minimum Gasteiger partial charge on any atom is -0.486 e. The van der Waals surface area contributed by atoms with E-state index in [0.29, 0.717) is 41.8 Å². The first-order valence-corrected chi connectivity index (χ1v) is 13.0. The zero-order valence-electron chi connectivity index (χ0n) is 18.0. The van der Waals surface area contributed by atoms with Gasteiger partial charge in [-0.1, -0.05) is 29.8 Å². The molecule has 0 bridgehead atoms. The lowest BCUT2D eigenvalue weighted by Crippen LogP contribution is -2.17. The molecule has 0 atom stereocenters. The van der Waals surface area contributed by atoms with Gasteiger partial charge >= 0.3 is 0 Å².